The number of nitrogens with zero attached hydrogens (tertiary/aromatic N) is 2. The highest BCUT2D eigenvalue weighted by molar-refractivity contribution is 8.13. The van der Waals surface area contributed by atoms with Crippen molar-refractivity contribution in [1.29, 1.82) is 0 Å². The molecule has 0 saturated carbocycles. The molecule has 5 nitrogen and oxygen atoms in total. The van der Waals surface area contributed by atoms with Gasteiger partial charge in [0.2, 0.25) is 0 Å². The Labute approximate surface area is 122 Å². The Morgan fingerprint density at radius 3 is 2.55 bits per heavy atom. The van der Waals surface area contributed by atoms with Gasteiger partial charge >= 0.3 is 0 Å². The van der Waals surface area contributed by atoms with Gasteiger partial charge in [0.05, 0.1) is 11.1 Å². The molecule has 0 fully saturated rings. The average Bonchev–Trinajstić information content (AvgIpc) is 2.75. The van der Waals surface area contributed by atoms with Gasteiger partial charge in [0.1, 0.15) is 12.4 Å². The third-order valence-electron chi connectivity index (χ3n) is 3.10. The second-order valence-electron chi connectivity index (χ2n) is 4.56. The summed E-state index contributed by atoms with van der Waals surface area (Å²) in [6, 6.07) is 3.08. The van der Waals surface area contributed by atoms with E-state index in [4.69, 9.17) is 15.4 Å². The van der Waals surface area contributed by atoms with Crippen molar-refractivity contribution in [1.82, 2.24) is 9.78 Å². The van der Waals surface area contributed by atoms with Crippen LogP contribution in [0.2, 0.25) is 0 Å². The molecule has 0 atom stereocenters. The number of halogens is 1. The van der Waals surface area contributed by atoms with Crippen LogP contribution in [0.3, 0.4) is 0 Å². The van der Waals surface area contributed by atoms with E-state index in [-0.39, 0.29) is 4.90 Å². The Kier molecular flexibility index (Phi) is 4.06. The predicted molar refractivity (Wildman–Crippen MR) is 76.5 cm³/mol. The zero-order valence-corrected chi connectivity index (χ0v) is 13.0. The first kappa shape index (κ1) is 14.9. The molecule has 0 unspecified atom stereocenters. The van der Waals surface area contributed by atoms with E-state index in [2.05, 4.69) is 5.10 Å². The monoisotopic (exact) mass is 314 g/mol. The van der Waals surface area contributed by atoms with Gasteiger partial charge in [0, 0.05) is 29.5 Å². The van der Waals surface area contributed by atoms with Gasteiger partial charge in [-0.1, -0.05) is 0 Å². The highest BCUT2D eigenvalue weighted by atomic mass is 35.7. The normalized spacial score (nSPS) is 11.6. The number of aromatic nitrogens is 2. The lowest BCUT2D eigenvalue weighted by Crippen LogP contribution is -2.01. The van der Waals surface area contributed by atoms with Crippen molar-refractivity contribution in [3.05, 3.63) is 41.2 Å². The van der Waals surface area contributed by atoms with E-state index >= 15 is 0 Å². The molecule has 20 heavy (non-hydrogen) atoms. The van der Waals surface area contributed by atoms with Crippen molar-refractivity contribution in [2.24, 2.45) is 7.05 Å². The molecule has 1 aromatic carbocycles. The van der Waals surface area contributed by atoms with Crippen LogP contribution in [-0.2, 0) is 22.7 Å². The third-order valence-corrected chi connectivity index (χ3v) is 4.57. The fourth-order valence-electron chi connectivity index (χ4n) is 1.90. The van der Waals surface area contributed by atoms with Crippen LogP contribution < -0.4 is 4.74 Å². The molecule has 1 heterocycles. The minimum absolute atomic E-state index is 0.116. The maximum absolute atomic E-state index is 11.4. The van der Waals surface area contributed by atoms with Crippen LogP contribution in [0.25, 0.3) is 0 Å². The Hall–Kier alpha value is -1.53. The molecule has 0 amide bonds. The molecule has 108 valence electrons. The van der Waals surface area contributed by atoms with Gasteiger partial charge in [0.25, 0.3) is 9.05 Å². The van der Waals surface area contributed by atoms with Crippen LogP contribution in [0, 0.1) is 13.8 Å². The quantitative estimate of drug-likeness (QED) is 0.814. The Morgan fingerprint density at radius 2 is 2.00 bits per heavy atom. The third kappa shape index (κ3) is 3.13. The topological polar surface area (TPSA) is 61.2 Å². The van der Waals surface area contributed by atoms with Crippen molar-refractivity contribution in [2.45, 2.75) is 25.3 Å². The zero-order chi connectivity index (χ0) is 14.9. The molecular weight excluding hydrogens is 300 g/mol. The smallest absolute Gasteiger partial charge is 0.261 e. The summed E-state index contributed by atoms with van der Waals surface area (Å²) in [6.07, 6.45) is 3.58. The number of benzene rings is 1. The molecule has 0 spiro atoms. The molecule has 0 radical (unpaired) electrons. The molecule has 0 saturated heterocycles. The van der Waals surface area contributed by atoms with Gasteiger partial charge in [-0.25, -0.2) is 8.42 Å². The molecule has 0 aliphatic carbocycles. The fraction of sp³-hybridized carbons (Fsp3) is 0.308. The summed E-state index contributed by atoms with van der Waals surface area (Å²) < 4.78 is 30.2. The van der Waals surface area contributed by atoms with Crippen LogP contribution in [0.5, 0.6) is 5.75 Å². The summed E-state index contributed by atoms with van der Waals surface area (Å²) in [7, 11) is 3.48. The van der Waals surface area contributed by atoms with Gasteiger partial charge in [-0.15, -0.1) is 0 Å². The zero-order valence-electron chi connectivity index (χ0n) is 11.4. The van der Waals surface area contributed by atoms with Gasteiger partial charge in [-0.2, -0.15) is 5.10 Å². The maximum Gasteiger partial charge on any atom is 0.261 e. The lowest BCUT2D eigenvalue weighted by Gasteiger charge is -2.12. The molecule has 0 bridgehead atoms. The minimum Gasteiger partial charge on any atom is -0.489 e. The lowest BCUT2D eigenvalue weighted by atomic mass is 10.1. The summed E-state index contributed by atoms with van der Waals surface area (Å²) in [5, 5.41) is 4.06. The second-order valence-corrected chi connectivity index (χ2v) is 7.09. The molecule has 2 rings (SSSR count). The van der Waals surface area contributed by atoms with Gasteiger partial charge in [-0.05, 0) is 37.1 Å². The van der Waals surface area contributed by atoms with Crippen molar-refractivity contribution >= 4 is 19.7 Å². The van der Waals surface area contributed by atoms with Gasteiger partial charge < -0.3 is 4.74 Å². The van der Waals surface area contributed by atoms with Crippen molar-refractivity contribution in [3.63, 3.8) is 0 Å². The van der Waals surface area contributed by atoms with E-state index < -0.39 is 9.05 Å². The summed E-state index contributed by atoms with van der Waals surface area (Å²) in [5.41, 5.74) is 2.30. The lowest BCUT2D eigenvalue weighted by molar-refractivity contribution is 0.303. The van der Waals surface area contributed by atoms with Gasteiger partial charge in [0.15, 0.2) is 0 Å². The van der Waals surface area contributed by atoms with E-state index in [0.29, 0.717) is 17.9 Å². The van der Waals surface area contributed by atoms with Gasteiger partial charge in [-0.3, -0.25) is 4.68 Å². The minimum atomic E-state index is -3.73. The standard InChI is InChI=1S/C13H15ClN2O3S/c1-9-10(2)13(20(14,17)18)5-4-12(9)19-8-11-6-15-16(3)7-11/h4-7H,8H2,1-3H3. The maximum atomic E-state index is 11.4. The molecule has 0 N–H and O–H groups in total. The van der Waals surface area contributed by atoms with E-state index in [1.807, 2.05) is 13.2 Å². The molecule has 0 aliphatic heterocycles. The first-order valence-electron chi connectivity index (χ1n) is 5.94. The fourth-order valence-corrected chi connectivity index (χ4v) is 3.15. The predicted octanol–water partition coefficient (Wildman–Crippen LogP) is 2.54. The number of aryl methyl sites for hydroxylation is 1. The largest absolute Gasteiger partial charge is 0.489 e. The van der Waals surface area contributed by atoms with Crippen LogP contribution in [0.15, 0.2) is 29.4 Å². The first-order valence-corrected chi connectivity index (χ1v) is 8.25. The van der Waals surface area contributed by atoms with E-state index in [1.165, 1.54) is 6.07 Å². The number of rotatable bonds is 4. The molecule has 1 aromatic heterocycles. The summed E-state index contributed by atoms with van der Waals surface area (Å²) in [4.78, 5) is 0.116. The van der Waals surface area contributed by atoms with Crippen LogP contribution in [-0.4, -0.2) is 18.2 Å². The SMILES string of the molecule is Cc1c(OCc2cnn(C)c2)ccc(S(=O)(=O)Cl)c1C. The number of hydrogen-bond acceptors (Lipinski definition) is 4. The summed E-state index contributed by atoms with van der Waals surface area (Å²) >= 11 is 0. The Balaban J connectivity index is 2.24. The van der Waals surface area contributed by atoms with Crippen molar-refractivity contribution < 1.29 is 13.2 Å². The van der Waals surface area contributed by atoms with Crippen molar-refractivity contribution in [3.8, 4) is 5.75 Å². The molecular formula is C13H15ClN2O3S. The number of ether oxygens (including phenoxy) is 1. The van der Waals surface area contributed by atoms with Crippen LogP contribution in [0.4, 0.5) is 0 Å². The Morgan fingerprint density at radius 1 is 1.30 bits per heavy atom. The summed E-state index contributed by atoms with van der Waals surface area (Å²) in [5.74, 6) is 0.635. The average molecular weight is 315 g/mol. The van der Waals surface area contributed by atoms with E-state index in [0.717, 1.165) is 11.1 Å². The van der Waals surface area contributed by atoms with Crippen LogP contribution >= 0.6 is 10.7 Å². The second kappa shape index (κ2) is 5.46. The van der Waals surface area contributed by atoms with E-state index in [1.54, 1.807) is 30.8 Å². The van der Waals surface area contributed by atoms with Crippen LogP contribution in [0.1, 0.15) is 16.7 Å². The molecule has 7 heteroatoms. The molecule has 0 aliphatic rings. The van der Waals surface area contributed by atoms with Crippen molar-refractivity contribution in [2.75, 3.05) is 0 Å². The van der Waals surface area contributed by atoms with E-state index in [9.17, 15) is 8.42 Å². The first-order chi connectivity index (χ1) is 9.29. The molecule has 2 aromatic rings. The number of hydrogen-bond donors (Lipinski definition) is 0. The highest BCUT2D eigenvalue weighted by Crippen LogP contribution is 2.29. The summed E-state index contributed by atoms with van der Waals surface area (Å²) in [6.45, 7) is 3.89. The highest BCUT2D eigenvalue weighted by Gasteiger charge is 2.17. The Bertz CT molecular complexity index is 738.